The lowest BCUT2D eigenvalue weighted by molar-refractivity contribution is 0.0890. The van der Waals surface area contributed by atoms with Crippen LogP contribution in [0.5, 0.6) is 0 Å². The molecule has 2 unspecified atom stereocenters. The molecule has 7 nitrogen and oxygen atoms in total. The van der Waals surface area contributed by atoms with E-state index in [1.165, 1.54) is 6.33 Å². The first-order chi connectivity index (χ1) is 15.1. The average Bonchev–Trinajstić information content (AvgIpc) is 3.40. The van der Waals surface area contributed by atoms with Crippen molar-refractivity contribution in [2.24, 2.45) is 0 Å². The van der Waals surface area contributed by atoms with Crippen LogP contribution in [-0.2, 0) is 6.54 Å². The van der Waals surface area contributed by atoms with Gasteiger partial charge >= 0.3 is 0 Å². The molecule has 1 fully saturated rings. The maximum atomic E-state index is 14.5. The van der Waals surface area contributed by atoms with Gasteiger partial charge in [-0.3, -0.25) is 9.88 Å². The quantitative estimate of drug-likeness (QED) is 0.525. The number of fused-ring (bicyclic) bond motifs is 1. The van der Waals surface area contributed by atoms with Crippen LogP contribution in [0, 0.1) is 6.92 Å². The van der Waals surface area contributed by atoms with Crippen molar-refractivity contribution >= 4 is 5.65 Å². The van der Waals surface area contributed by atoms with Gasteiger partial charge in [-0.1, -0.05) is 18.9 Å². The summed E-state index contributed by atoms with van der Waals surface area (Å²) in [6.07, 6.45) is 6.23. The summed E-state index contributed by atoms with van der Waals surface area (Å²) in [5, 5.41) is 4.17. The van der Waals surface area contributed by atoms with Gasteiger partial charge in [0, 0.05) is 23.5 Å². The Bertz CT molecular complexity index is 1200. The maximum absolute atomic E-state index is 14.5. The number of nitrogens with zero attached hydrogens (tertiary/aromatic N) is 6. The second kappa shape index (κ2) is 8.19. The van der Waals surface area contributed by atoms with Gasteiger partial charge in [0.1, 0.15) is 24.0 Å². The summed E-state index contributed by atoms with van der Waals surface area (Å²) in [4.78, 5) is 19.5. The van der Waals surface area contributed by atoms with Crippen molar-refractivity contribution in [2.75, 3.05) is 7.05 Å². The predicted octanol–water partition coefficient (Wildman–Crippen LogP) is 4.20. The number of nitrogens with one attached hydrogen (secondary N) is 1. The number of hydrogen-bond acceptors (Lipinski definition) is 5. The van der Waals surface area contributed by atoms with E-state index in [2.05, 4.69) is 25.0 Å². The van der Waals surface area contributed by atoms with E-state index >= 15 is 0 Å². The Morgan fingerprint density at radius 3 is 2.90 bits per heavy atom. The number of H-pyrrole nitrogens is 1. The molecule has 31 heavy (non-hydrogen) atoms. The van der Waals surface area contributed by atoms with Crippen molar-refractivity contribution in [2.45, 2.75) is 51.4 Å². The van der Waals surface area contributed by atoms with Crippen LogP contribution >= 0.6 is 0 Å². The van der Waals surface area contributed by atoms with Gasteiger partial charge in [-0.05, 0) is 51.1 Å². The summed E-state index contributed by atoms with van der Waals surface area (Å²) in [6, 6.07) is 9.83. The Balaban J connectivity index is 1.53. The molecular formula is C23H26FN7. The van der Waals surface area contributed by atoms with Gasteiger partial charge < -0.3 is 4.98 Å². The lowest BCUT2D eigenvalue weighted by atomic mass is 9.92. The molecular weight excluding hydrogens is 393 g/mol. The first-order valence-corrected chi connectivity index (χ1v) is 10.8. The van der Waals surface area contributed by atoms with Gasteiger partial charge in [0.05, 0.1) is 17.9 Å². The second-order valence-electron chi connectivity index (χ2n) is 8.33. The summed E-state index contributed by atoms with van der Waals surface area (Å²) in [6.45, 7) is 2.52. The van der Waals surface area contributed by atoms with Crippen LogP contribution in [0.2, 0.25) is 0 Å². The SMILES string of the molecule is Cc1cccc(-c2nc(CN(C)C3CCCCC3F)[nH]c2-c2ccn3ncnc3c2)n1. The van der Waals surface area contributed by atoms with Gasteiger partial charge in [0.15, 0.2) is 5.65 Å². The number of aryl methyl sites for hydroxylation is 1. The first-order valence-electron chi connectivity index (χ1n) is 10.8. The smallest absolute Gasteiger partial charge is 0.155 e. The highest BCUT2D eigenvalue weighted by Gasteiger charge is 2.29. The van der Waals surface area contributed by atoms with Crippen LogP contribution in [0.1, 0.15) is 37.2 Å². The molecule has 8 heteroatoms. The van der Waals surface area contributed by atoms with Gasteiger partial charge in [0.25, 0.3) is 0 Å². The second-order valence-corrected chi connectivity index (χ2v) is 8.33. The molecule has 160 valence electrons. The molecule has 4 heterocycles. The standard InChI is InChI=1S/C23H26FN7/c1-15-6-5-8-18(27-15)23-22(16-10-11-31-21(12-16)25-14-26-31)28-20(29-23)13-30(2)19-9-4-3-7-17(19)24/h5-6,8,10-12,14,17,19H,3-4,7,9,13H2,1-2H3,(H,28,29). The molecule has 1 saturated carbocycles. The summed E-state index contributed by atoms with van der Waals surface area (Å²) < 4.78 is 16.2. The minimum absolute atomic E-state index is 0.0600. The fourth-order valence-corrected chi connectivity index (χ4v) is 4.45. The van der Waals surface area contributed by atoms with Gasteiger partial charge in [-0.2, -0.15) is 5.10 Å². The zero-order valence-corrected chi connectivity index (χ0v) is 17.8. The zero-order chi connectivity index (χ0) is 21.4. The zero-order valence-electron chi connectivity index (χ0n) is 17.8. The first kappa shape index (κ1) is 19.8. The predicted molar refractivity (Wildman–Crippen MR) is 117 cm³/mol. The number of aromatic nitrogens is 6. The fraction of sp³-hybridized carbons (Fsp3) is 0.391. The van der Waals surface area contributed by atoms with Crippen molar-refractivity contribution < 1.29 is 4.39 Å². The van der Waals surface area contributed by atoms with Crippen LogP contribution in [0.15, 0.2) is 42.9 Å². The van der Waals surface area contributed by atoms with E-state index in [9.17, 15) is 4.39 Å². The highest BCUT2D eigenvalue weighted by atomic mass is 19.1. The van der Waals surface area contributed by atoms with Crippen molar-refractivity contribution in [1.29, 1.82) is 0 Å². The number of alkyl halides is 1. The maximum Gasteiger partial charge on any atom is 0.155 e. The number of rotatable bonds is 5. The molecule has 2 atom stereocenters. The highest BCUT2D eigenvalue weighted by Crippen LogP contribution is 2.31. The molecule has 0 aromatic carbocycles. The summed E-state index contributed by atoms with van der Waals surface area (Å²) in [7, 11) is 1.98. The number of halogens is 1. The molecule has 1 aliphatic rings. The van der Waals surface area contributed by atoms with Crippen molar-refractivity contribution in [3.63, 3.8) is 0 Å². The van der Waals surface area contributed by atoms with Crippen LogP contribution in [0.3, 0.4) is 0 Å². The Labute approximate surface area is 180 Å². The van der Waals surface area contributed by atoms with Crippen LogP contribution in [-0.4, -0.2) is 53.7 Å². The lowest BCUT2D eigenvalue weighted by Gasteiger charge is -2.33. The van der Waals surface area contributed by atoms with Crippen LogP contribution in [0.25, 0.3) is 28.3 Å². The number of imidazole rings is 1. The molecule has 4 aromatic heterocycles. The largest absolute Gasteiger partial charge is 0.340 e. The van der Waals surface area contributed by atoms with E-state index in [1.807, 2.05) is 50.5 Å². The van der Waals surface area contributed by atoms with E-state index in [4.69, 9.17) is 4.98 Å². The van der Waals surface area contributed by atoms with Gasteiger partial charge in [-0.15, -0.1) is 0 Å². The minimum Gasteiger partial charge on any atom is -0.340 e. The summed E-state index contributed by atoms with van der Waals surface area (Å²) in [5.41, 5.74) is 5.13. The third kappa shape index (κ3) is 3.95. The average molecular weight is 420 g/mol. The molecule has 5 rings (SSSR count). The number of hydrogen-bond donors (Lipinski definition) is 1. The molecule has 0 aliphatic heterocycles. The monoisotopic (exact) mass is 419 g/mol. The van der Waals surface area contributed by atoms with Gasteiger partial charge in [0.2, 0.25) is 0 Å². The van der Waals surface area contributed by atoms with Crippen LogP contribution in [0.4, 0.5) is 4.39 Å². The molecule has 0 spiro atoms. The third-order valence-electron chi connectivity index (χ3n) is 6.07. The van der Waals surface area contributed by atoms with E-state index in [0.717, 1.165) is 59.1 Å². The molecule has 0 saturated heterocycles. The summed E-state index contributed by atoms with van der Waals surface area (Å²) >= 11 is 0. The Morgan fingerprint density at radius 2 is 2.06 bits per heavy atom. The van der Waals surface area contributed by atoms with Crippen molar-refractivity contribution in [1.82, 2.24) is 34.4 Å². The van der Waals surface area contributed by atoms with Crippen LogP contribution < -0.4 is 0 Å². The Kier molecular flexibility index (Phi) is 5.23. The molecule has 0 amide bonds. The molecule has 1 N–H and O–H groups in total. The topological polar surface area (TPSA) is 75.0 Å². The summed E-state index contributed by atoms with van der Waals surface area (Å²) in [5.74, 6) is 0.801. The molecule has 0 bridgehead atoms. The van der Waals surface area contributed by atoms with E-state index < -0.39 is 6.17 Å². The number of pyridine rings is 2. The molecule has 4 aromatic rings. The van der Waals surface area contributed by atoms with Gasteiger partial charge in [-0.25, -0.2) is 18.9 Å². The van der Waals surface area contributed by atoms with E-state index in [1.54, 1.807) is 4.52 Å². The minimum atomic E-state index is -0.776. The normalized spacial score (nSPS) is 19.4. The lowest BCUT2D eigenvalue weighted by Crippen LogP contribution is -2.41. The highest BCUT2D eigenvalue weighted by molar-refractivity contribution is 5.78. The molecule has 1 aliphatic carbocycles. The van der Waals surface area contributed by atoms with E-state index in [-0.39, 0.29) is 6.04 Å². The fourth-order valence-electron chi connectivity index (χ4n) is 4.45. The van der Waals surface area contributed by atoms with Crippen molar-refractivity contribution in [3.05, 3.63) is 54.4 Å². The van der Waals surface area contributed by atoms with E-state index in [0.29, 0.717) is 13.0 Å². The Hall–Kier alpha value is -3.13. The number of aromatic amines is 1. The molecule has 0 radical (unpaired) electrons. The Morgan fingerprint density at radius 1 is 1.19 bits per heavy atom. The third-order valence-corrected chi connectivity index (χ3v) is 6.07. The van der Waals surface area contributed by atoms with Crippen molar-refractivity contribution in [3.8, 4) is 22.6 Å².